The van der Waals surface area contributed by atoms with Crippen LogP contribution in [0.5, 0.6) is 0 Å². The van der Waals surface area contributed by atoms with E-state index in [9.17, 15) is 0 Å². The molecule has 0 saturated heterocycles. The lowest BCUT2D eigenvalue weighted by Crippen LogP contribution is -2.29. The van der Waals surface area contributed by atoms with Gasteiger partial charge >= 0.3 is 0 Å². The van der Waals surface area contributed by atoms with E-state index in [1.54, 1.807) is 0 Å². The van der Waals surface area contributed by atoms with E-state index in [0.29, 0.717) is 5.41 Å². The molecule has 4 aliphatic rings. The zero-order chi connectivity index (χ0) is 6.77. The second kappa shape index (κ2) is 2.14. The van der Waals surface area contributed by atoms with Crippen molar-refractivity contribution in [2.24, 2.45) is 28.9 Å². The van der Waals surface area contributed by atoms with Gasteiger partial charge in [-0.1, -0.05) is 0 Å². The summed E-state index contributed by atoms with van der Waals surface area (Å²) >= 11 is 0. The third-order valence-corrected chi connectivity index (χ3v) is 4.45. The van der Waals surface area contributed by atoms with Crippen LogP contribution in [0.3, 0.4) is 0 Å². The van der Waals surface area contributed by atoms with Gasteiger partial charge in [0.15, 0.2) is 0 Å². The van der Waals surface area contributed by atoms with Gasteiger partial charge in [0.05, 0.1) is 0 Å². The van der Waals surface area contributed by atoms with Crippen LogP contribution in [0.1, 0.15) is 25.7 Å². The van der Waals surface area contributed by atoms with Crippen molar-refractivity contribution in [2.75, 3.05) is 6.54 Å². The second-order valence-electron chi connectivity index (χ2n) is 4.66. The van der Waals surface area contributed by atoms with Crippen LogP contribution in [0.25, 0.3) is 0 Å². The summed E-state index contributed by atoms with van der Waals surface area (Å²) in [5.74, 6) is 3.26. The second-order valence-corrected chi connectivity index (χ2v) is 4.66. The summed E-state index contributed by atoms with van der Waals surface area (Å²) in [6, 6.07) is 0. The van der Waals surface area contributed by atoms with Gasteiger partial charge in [-0.25, -0.2) is 0 Å². The van der Waals surface area contributed by atoms with Gasteiger partial charge in [0, 0.05) is 0 Å². The summed E-state index contributed by atoms with van der Waals surface area (Å²) in [6.45, 7) is 0.977. The van der Waals surface area contributed by atoms with Crippen LogP contribution >= 0.6 is 12.4 Å². The van der Waals surface area contributed by atoms with Crippen LogP contribution in [0, 0.1) is 23.2 Å². The Kier molecular flexibility index (Phi) is 1.53. The maximum atomic E-state index is 5.82. The lowest BCUT2D eigenvalue weighted by Gasteiger charge is -2.26. The quantitative estimate of drug-likeness (QED) is 0.643. The molecule has 4 aliphatic carbocycles. The molecule has 4 rings (SSSR count). The standard InChI is InChI=1S/C9H15N.ClH/c10-5-9-3-6-1-8(9)2-7(6)4-9;/h6-8H,1-5,10H2;1H. The highest BCUT2D eigenvalue weighted by molar-refractivity contribution is 5.85. The van der Waals surface area contributed by atoms with E-state index >= 15 is 0 Å². The first-order valence-electron chi connectivity index (χ1n) is 4.54. The molecule has 11 heavy (non-hydrogen) atoms. The Morgan fingerprint density at radius 2 is 1.73 bits per heavy atom. The van der Waals surface area contributed by atoms with Crippen molar-refractivity contribution in [1.82, 2.24) is 0 Å². The molecule has 0 amide bonds. The zero-order valence-corrected chi connectivity index (χ0v) is 7.57. The van der Waals surface area contributed by atoms with Crippen LogP contribution < -0.4 is 5.73 Å². The topological polar surface area (TPSA) is 26.0 Å². The molecule has 2 heteroatoms. The van der Waals surface area contributed by atoms with Gasteiger partial charge in [0.1, 0.15) is 0 Å². The van der Waals surface area contributed by atoms with Crippen molar-refractivity contribution >= 4 is 12.4 Å². The van der Waals surface area contributed by atoms with E-state index in [1.807, 2.05) is 0 Å². The Morgan fingerprint density at radius 1 is 1.18 bits per heavy atom. The molecule has 0 aromatic carbocycles. The fourth-order valence-electron chi connectivity index (χ4n) is 4.01. The molecule has 2 unspecified atom stereocenters. The molecule has 1 nitrogen and oxygen atoms in total. The molecule has 0 aromatic rings. The van der Waals surface area contributed by atoms with Gasteiger partial charge in [-0.15, -0.1) is 12.4 Å². The van der Waals surface area contributed by atoms with Gasteiger partial charge in [-0.2, -0.15) is 0 Å². The molecular weight excluding hydrogens is 158 g/mol. The molecule has 0 spiro atoms. The van der Waals surface area contributed by atoms with E-state index in [-0.39, 0.29) is 12.4 Å². The van der Waals surface area contributed by atoms with Gasteiger partial charge < -0.3 is 5.73 Å². The molecule has 0 aromatic heterocycles. The molecule has 4 saturated carbocycles. The largest absolute Gasteiger partial charge is 0.330 e. The predicted molar refractivity (Wildman–Crippen MR) is 47.7 cm³/mol. The molecule has 4 fully saturated rings. The zero-order valence-electron chi connectivity index (χ0n) is 6.75. The first kappa shape index (κ1) is 7.88. The summed E-state index contributed by atoms with van der Waals surface area (Å²) < 4.78 is 0. The molecule has 0 heterocycles. The Morgan fingerprint density at radius 3 is 1.91 bits per heavy atom. The lowest BCUT2D eigenvalue weighted by atomic mass is 9.81. The molecule has 2 N–H and O–H groups in total. The molecule has 4 bridgehead atoms. The Hall–Kier alpha value is 0.250. The van der Waals surface area contributed by atoms with Gasteiger partial charge in [-0.3, -0.25) is 0 Å². The fourth-order valence-corrected chi connectivity index (χ4v) is 4.01. The predicted octanol–water partition coefficient (Wildman–Crippen LogP) is 1.80. The maximum Gasteiger partial charge on any atom is -0.00177 e. The van der Waals surface area contributed by atoms with E-state index in [0.717, 1.165) is 24.3 Å². The number of nitrogens with two attached hydrogens (primary N) is 1. The summed E-state index contributed by atoms with van der Waals surface area (Å²) in [6.07, 6.45) is 6.03. The van der Waals surface area contributed by atoms with Crippen LogP contribution in [0.15, 0.2) is 0 Å². The van der Waals surface area contributed by atoms with Crippen LogP contribution in [-0.2, 0) is 0 Å². The van der Waals surface area contributed by atoms with Gasteiger partial charge in [-0.05, 0) is 55.4 Å². The first-order chi connectivity index (χ1) is 4.84. The molecular formula is C9H16ClN. The molecule has 0 aliphatic heterocycles. The van der Waals surface area contributed by atoms with Crippen molar-refractivity contribution in [3.05, 3.63) is 0 Å². The van der Waals surface area contributed by atoms with Crippen LogP contribution in [-0.4, -0.2) is 6.54 Å². The minimum absolute atomic E-state index is 0. The highest BCUT2D eigenvalue weighted by atomic mass is 35.5. The highest BCUT2D eigenvalue weighted by Gasteiger charge is 2.61. The number of rotatable bonds is 1. The van der Waals surface area contributed by atoms with E-state index in [2.05, 4.69) is 0 Å². The Bertz CT molecular complexity index is 166. The van der Waals surface area contributed by atoms with Crippen LogP contribution in [0.4, 0.5) is 0 Å². The smallest absolute Gasteiger partial charge is 0.00177 e. The average Bonchev–Trinajstić information content (AvgIpc) is 2.53. The summed E-state index contributed by atoms with van der Waals surface area (Å²) in [4.78, 5) is 0. The van der Waals surface area contributed by atoms with E-state index < -0.39 is 0 Å². The highest BCUT2D eigenvalue weighted by Crippen LogP contribution is 2.69. The first-order valence-corrected chi connectivity index (χ1v) is 4.54. The molecule has 64 valence electrons. The molecule has 2 atom stereocenters. The summed E-state index contributed by atoms with van der Waals surface area (Å²) in [5, 5.41) is 0. The number of halogens is 1. The van der Waals surface area contributed by atoms with Crippen molar-refractivity contribution in [3.63, 3.8) is 0 Å². The van der Waals surface area contributed by atoms with Gasteiger partial charge in [0.2, 0.25) is 0 Å². The average molecular weight is 174 g/mol. The minimum Gasteiger partial charge on any atom is -0.330 e. The SMILES string of the molecule is Cl.NCC12CC3CC1CC3C2. The van der Waals surface area contributed by atoms with E-state index in [4.69, 9.17) is 5.73 Å². The lowest BCUT2D eigenvalue weighted by molar-refractivity contribution is 0.257. The third kappa shape index (κ3) is 0.714. The molecule has 0 radical (unpaired) electrons. The monoisotopic (exact) mass is 173 g/mol. The summed E-state index contributed by atoms with van der Waals surface area (Å²) in [7, 11) is 0. The van der Waals surface area contributed by atoms with Gasteiger partial charge in [0.25, 0.3) is 0 Å². The normalized spacial score (nSPS) is 57.0. The van der Waals surface area contributed by atoms with Crippen LogP contribution in [0.2, 0.25) is 0 Å². The number of hydrogen-bond acceptors (Lipinski definition) is 1. The maximum absolute atomic E-state index is 5.82. The van der Waals surface area contributed by atoms with E-state index in [1.165, 1.54) is 25.7 Å². The Balaban J connectivity index is 0.000000480. The van der Waals surface area contributed by atoms with Crippen molar-refractivity contribution in [1.29, 1.82) is 0 Å². The fraction of sp³-hybridized carbons (Fsp3) is 1.00. The van der Waals surface area contributed by atoms with Crippen molar-refractivity contribution in [3.8, 4) is 0 Å². The summed E-state index contributed by atoms with van der Waals surface area (Å²) in [5.41, 5.74) is 6.49. The Labute approximate surface area is 74.1 Å². The van der Waals surface area contributed by atoms with Crippen molar-refractivity contribution in [2.45, 2.75) is 25.7 Å². The van der Waals surface area contributed by atoms with Crippen molar-refractivity contribution < 1.29 is 0 Å². The third-order valence-electron chi connectivity index (χ3n) is 4.45. The number of hydrogen-bond donors (Lipinski definition) is 1. The minimum atomic E-state index is 0.